The van der Waals surface area contributed by atoms with Gasteiger partial charge in [-0.15, -0.1) is 0 Å². The number of carbonyl (C=O) groups excluding carboxylic acids is 1. The molecular formula is C23H25N3O. The summed E-state index contributed by atoms with van der Waals surface area (Å²) in [5.74, 6) is 0.505. The maximum absolute atomic E-state index is 12.7. The van der Waals surface area contributed by atoms with Gasteiger partial charge in [0, 0.05) is 5.92 Å². The molecule has 1 aliphatic rings. The van der Waals surface area contributed by atoms with E-state index in [0.717, 1.165) is 23.5 Å². The summed E-state index contributed by atoms with van der Waals surface area (Å²) in [6, 6.07) is 18.6. The Morgan fingerprint density at radius 1 is 1.07 bits per heavy atom. The number of hydrogen-bond donors (Lipinski definition) is 1. The van der Waals surface area contributed by atoms with E-state index in [2.05, 4.69) is 41.6 Å². The van der Waals surface area contributed by atoms with E-state index < -0.39 is 0 Å². The van der Waals surface area contributed by atoms with Crippen molar-refractivity contribution in [2.24, 2.45) is 5.92 Å². The minimum atomic E-state index is 0.0610. The van der Waals surface area contributed by atoms with Gasteiger partial charge in [0.2, 0.25) is 5.91 Å². The van der Waals surface area contributed by atoms with Crippen LogP contribution >= 0.6 is 0 Å². The molecule has 1 heterocycles. The van der Waals surface area contributed by atoms with Crippen LogP contribution in [0.25, 0.3) is 0 Å². The third kappa shape index (κ3) is 3.52. The summed E-state index contributed by atoms with van der Waals surface area (Å²) in [6.07, 6.45) is 0.922. The number of carbonyl (C=O) groups is 1. The molecule has 1 fully saturated rings. The highest BCUT2D eigenvalue weighted by Crippen LogP contribution is 2.48. The number of hydrogen-bond acceptors (Lipinski definition) is 2. The first-order chi connectivity index (χ1) is 13.0. The topological polar surface area (TPSA) is 46.9 Å². The smallest absolute Gasteiger partial charge is 0.228 e. The SMILES string of the molecule is Cc1ccccc1Cn1nc(C)c(NC(=O)[C@@H]2C[C@H]2c2ccccc2)c1C. The molecule has 0 saturated heterocycles. The van der Waals surface area contributed by atoms with Crippen molar-refractivity contribution in [1.82, 2.24) is 9.78 Å². The van der Waals surface area contributed by atoms with Crippen LogP contribution in [-0.4, -0.2) is 15.7 Å². The first-order valence-corrected chi connectivity index (χ1v) is 9.49. The standard InChI is InChI=1S/C23H25N3O/c1-15-9-7-8-12-19(15)14-26-17(3)22(16(2)25-26)24-23(27)21-13-20(21)18-10-5-4-6-11-18/h4-12,20-21H,13-14H2,1-3H3,(H,24,27)/t20-,21+/m0/s1. The van der Waals surface area contributed by atoms with Gasteiger partial charge in [-0.05, 0) is 49.8 Å². The number of aromatic nitrogens is 2. The van der Waals surface area contributed by atoms with Crippen molar-refractivity contribution < 1.29 is 4.79 Å². The van der Waals surface area contributed by atoms with Crippen LogP contribution in [0.4, 0.5) is 5.69 Å². The Balaban J connectivity index is 1.48. The van der Waals surface area contributed by atoms with Crippen molar-refractivity contribution in [2.45, 2.75) is 39.7 Å². The minimum Gasteiger partial charge on any atom is -0.323 e. The van der Waals surface area contributed by atoms with Crippen LogP contribution in [-0.2, 0) is 11.3 Å². The van der Waals surface area contributed by atoms with E-state index >= 15 is 0 Å². The van der Waals surface area contributed by atoms with Crippen molar-refractivity contribution in [1.29, 1.82) is 0 Å². The van der Waals surface area contributed by atoms with Crippen molar-refractivity contribution in [3.8, 4) is 0 Å². The lowest BCUT2D eigenvalue weighted by Gasteiger charge is -2.09. The zero-order chi connectivity index (χ0) is 19.0. The van der Waals surface area contributed by atoms with Gasteiger partial charge < -0.3 is 5.32 Å². The fourth-order valence-corrected chi connectivity index (χ4v) is 3.75. The first-order valence-electron chi connectivity index (χ1n) is 9.49. The van der Waals surface area contributed by atoms with Gasteiger partial charge in [-0.3, -0.25) is 9.48 Å². The van der Waals surface area contributed by atoms with Crippen LogP contribution in [0.2, 0.25) is 0 Å². The number of rotatable bonds is 5. The van der Waals surface area contributed by atoms with Crippen molar-refractivity contribution in [3.63, 3.8) is 0 Å². The molecule has 1 aromatic heterocycles. The van der Waals surface area contributed by atoms with E-state index in [1.807, 2.05) is 48.9 Å². The molecule has 0 bridgehead atoms. The normalized spacial score (nSPS) is 18.3. The molecule has 0 aliphatic heterocycles. The zero-order valence-corrected chi connectivity index (χ0v) is 16.1. The highest BCUT2D eigenvalue weighted by Gasteiger charge is 2.44. The highest BCUT2D eigenvalue weighted by atomic mass is 16.2. The Labute approximate surface area is 160 Å². The van der Waals surface area contributed by atoms with Gasteiger partial charge in [-0.25, -0.2) is 0 Å². The maximum Gasteiger partial charge on any atom is 0.228 e. The molecular weight excluding hydrogens is 334 g/mol. The van der Waals surface area contributed by atoms with Crippen molar-refractivity contribution in [2.75, 3.05) is 5.32 Å². The number of anilines is 1. The van der Waals surface area contributed by atoms with Crippen molar-refractivity contribution in [3.05, 3.63) is 82.7 Å². The summed E-state index contributed by atoms with van der Waals surface area (Å²) in [7, 11) is 0. The van der Waals surface area contributed by atoms with Gasteiger partial charge in [0.05, 0.1) is 23.6 Å². The van der Waals surface area contributed by atoms with Gasteiger partial charge in [0.25, 0.3) is 0 Å². The molecule has 1 amide bonds. The molecule has 1 aliphatic carbocycles. The number of aryl methyl sites for hydroxylation is 2. The van der Waals surface area contributed by atoms with Crippen LogP contribution in [0.1, 0.15) is 40.4 Å². The third-order valence-electron chi connectivity index (χ3n) is 5.57. The van der Waals surface area contributed by atoms with Gasteiger partial charge >= 0.3 is 0 Å². The molecule has 0 spiro atoms. The summed E-state index contributed by atoms with van der Waals surface area (Å²) in [4.78, 5) is 12.7. The minimum absolute atomic E-state index is 0.0610. The lowest BCUT2D eigenvalue weighted by molar-refractivity contribution is -0.117. The second-order valence-electron chi connectivity index (χ2n) is 7.48. The summed E-state index contributed by atoms with van der Waals surface area (Å²) >= 11 is 0. The molecule has 4 nitrogen and oxygen atoms in total. The van der Waals surface area contributed by atoms with E-state index in [0.29, 0.717) is 12.5 Å². The average molecular weight is 359 g/mol. The molecule has 1 saturated carbocycles. The van der Waals surface area contributed by atoms with Crippen LogP contribution in [0.15, 0.2) is 54.6 Å². The average Bonchev–Trinajstić information content (AvgIpc) is 3.43. The number of amides is 1. The van der Waals surface area contributed by atoms with E-state index in [1.165, 1.54) is 16.7 Å². The summed E-state index contributed by atoms with van der Waals surface area (Å²) < 4.78 is 1.98. The molecule has 2 aromatic carbocycles. The van der Waals surface area contributed by atoms with Crippen LogP contribution in [0, 0.1) is 26.7 Å². The Bertz CT molecular complexity index is 975. The molecule has 4 rings (SSSR count). The van der Waals surface area contributed by atoms with E-state index in [4.69, 9.17) is 0 Å². The zero-order valence-electron chi connectivity index (χ0n) is 16.1. The summed E-state index contributed by atoms with van der Waals surface area (Å²) in [5, 5.41) is 7.80. The Morgan fingerprint density at radius 2 is 1.78 bits per heavy atom. The molecule has 1 N–H and O–H groups in total. The monoisotopic (exact) mass is 359 g/mol. The lowest BCUT2D eigenvalue weighted by atomic mass is 10.1. The summed E-state index contributed by atoms with van der Waals surface area (Å²) in [5.41, 5.74) is 6.47. The second kappa shape index (κ2) is 7.03. The predicted molar refractivity (Wildman–Crippen MR) is 108 cm³/mol. The largest absolute Gasteiger partial charge is 0.323 e. The Morgan fingerprint density at radius 3 is 2.52 bits per heavy atom. The molecule has 0 radical (unpaired) electrons. The lowest BCUT2D eigenvalue weighted by Crippen LogP contribution is -2.16. The molecule has 4 heteroatoms. The predicted octanol–water partition coefficient (Wildman–Crippen LogP) is 4.60. The molecule has 2 atom stereocenters. The van der Waals surface area contributed by atoms with Gasteiger partial charge in [-0.1, -0.05) is 54.6 Å². The van der Waals surface area contributed by atoms with Crippen LogP contribution in [0.5, 0.6) is 0 Å². The quantitative estimate of drug-likeness (QED) is 0.724. The highest BCUT2D eigenvalue weighted by molar-refractivity contribution is 5.96. The summed E-state index contributed by atoms with van der Waals surface area (Å²) in [6.45, 7) is 6.81. The first kappa shape index (κ1) is 17.5. The van der Waals surface area contributed by atoms with Crippen molar-refractivity contribution >= 4 is 11.6 Å². The van der Waals surface area contributed by atoms with Crippen LogP contribution < -0.4 is 5.32 Å². The second-order valence-corrected chi connectivity index (χ2v) is 7.48. The Kier molecular flexibility index (Phi) is 4.56. The molecule has 27 heavy (non-hydrogen) atoms. The number of benzene rings is 2. The van der Waals surface area contributed by atoms with E-state index in [9.17, 15) is 4.79 Å². The van der Waals surface area contributed by atoms with Gasteiger partial charge in [0.15, 0.2) is 0 Å². The van der Waals surface area contributed by atoms with E-state index in [1.54, 1.807) is 0 Å². The van der Waals surface area contributed by atoms with Gasteiger partial charge in [0.1, 0.15) is 0 Å². The van der Waals surface area contributed by atoms with E-state index in [-0.39, 0.29) is 11.8 Å². The third-order valence-corrected chi connectivity index (χ3v) is 5.57. The fraction of sp³-hybridized carbons (Fsp3) is 0.304. The molecule has 138 valence electrons. The molecule has 0 unspecified atom stereocenters. The maximum atomic E-state index is 12.7. The molecule has 3 aromatic rings. The van der Waals surface area contributed by atoms with Crippen LogP contribution in [0.3, 0.4) is 0 Å². The van der Waals surface area contributed by atoms with Gasteiger partial charge in [-0.2, -0.15) is 5.10 Å². The number of nitrogens with zero attached hydrogens (tertiary/aromatic N) is 2. The Hall–Kier alpha value is -2.88. The fourth-order valence-electron chi connectivity index (χ4n) is 3.75. The number of nitrogens with one attached hydrogen (secondary N) is 1.